The van der Waals surface area contributed by atoms with Gasteiger partial charge in [0, 0.05) is 25.0 Å². The summed E-state index contributed by atoms with van der Waals surface area (Å²) in [6.45, 7) is 2.71. The third kappa shape index (κ3) is 6.83. The average Bonchev–Trinajstić information content (AvgIpc) is 2.84. The number of ether oxygens (including phenoxy) is 3. The number of hydrogen-bond donors (Lipinski definition) is 2. The monoisotopic (exact) mass is 431 g/mol. The Balaban J connectivity index is 1.26. The van der Waals surface area contributed by atoms with Gasteiger partial charge in [0.05, 0.1) is 19.3 Å². The van der Waals surface area contributed by atoms with Crippen molar-refractivity contribution in [2.75, 3.05) is 18.5 Å². The predicted molar refractivity (Wildman–Crippen MR) is 127 cm³/mol. The second-order valence-electron chi connectivity index (χ2n) is 7.71. The molecule has 0 spiro atoms. The van der Waals surface area contributed by atoms with E-state index in [4.69, 9.17) is 19.9 Å². The van der Waals surface area contributed by atoms with E-state index in [1.54, 1.807) is 0 Å². The number of anilines is 1. The third-order valence-corrected chi connectivity index (χ3v) is 5.19. The molecule has 0 atom stereocenters. The molecule has 0 aromatic heterocycles. The number of nitrogens with one attached hydrogen (secondary N) is 1. The summed E-state index contributed by atoms with van der Waals surface area (Å²) in [7, 11) is 0. The van der Waals surface area contributed by atoms with Gasteiger partial charge in [-0.2, -0.15) is 0 Å². The highest BCUT2D eigenvalue weighted by Gasteiger charge is 2.13. The van der Waals surface area contributed by atoms with Gasteiger partial charge in [-0.25, -0.2) is 4.99 Å². The maximum atomic E-state index is 6.08. The van der Waals surface area contributed by atoms with E-state index in [9.17, 15) is 0 Å². The first kappa shape index (κ1) is 21.9. The summed E-state index contributed by atoms with van der Waals surface area (Å²) in [4.78, 5) is 4.45. The molecule has 6 nitrogen and oxygen atoms in total. The molecular weight excluding hydrogens is 402 g/mol. The van der Waals surface area contributed by atoms with Crippen LogP contribution in [0.5, 0.6) is 11.5 Å². The molecule has 1 heterocycles. The molecule has 0 bridgehead atoms. The second kappa shape index (κ2) is 11.3. The Morgan fingerprint density at radius 2 is 1.62 bits per heavy atom. The van der Waals surface area contributed by atoms with Crippen molar-refractivity contribution in [2.45, 2.75) is 32.1 Å². The van der Waals surface area contributed by atoms with E-state index in [0.717, 1.165) is 54.4 Å². The van der Waals surface area contributed by atoms with Crippen LogP contribution in [0.25, 0.3) is 0 Å². The topological polar surface area (TPSA) is 78.1 Å². The molecule has 3 N–H and O–H groups in total. The van der Waals surface area contributed by atoms with Gasteiger partial charge in [0.1, 0.15) is 11.5 Å². The molecule has 4 rings (SSSR count). The van der Waals surface area contributed by atoms with Gasteiger partial charge in [-0.15, -0.1) is 0 Å². The lowest BCUT2D eigenvalue weighted by Gasteiger charge is -2.22. The van der Waals surface area contributed by atoms with E-state index >= 15 is 0 Å². The van der Waals surface area contributed by atoms with Crippen molar-refractivity contribution in [1.82, 2.24) is 0 Å². The summed E-state index contributed by atoms with van der Waals surface area (Å²) in [6.07, 6.45) is 2.25. The van der Waals surface area contributed by atoms with Crippen molar-refractivity contribution in [3.05, 3.63) is 90.0 Å². The molecule has 32 heavy (non-hydrogen) atoms. The van der Waals surface area contributed by atoms with Crippen LogP contribution in [0.1, 0.15) is 24.0 Å². The molecule has 3 aromatic rings. The van der Waals surface area contributed by atoms with E-state index in [2.05, 4.69) is 34.6 Å². The summed E-state index contributed by atoms with van der Waals surface area (Å²) < 4.78 is 17.2. The van der Waals surface area contributed by atoms with Gasteiger partial charge in [0.25, 0.3) is 0 Å². The van der Waals surface area contributed by atoms with Crippen LogP contribution >= 0.6 is 0 Å². The van der Waals surface area contributed by atoms with Crippen LogP contribution in [0.3, 0.4) is 0 Å². The van der Waals surface area contributed by atoms with Crippen molar-refractivity contribution < 1.29 is 14.2 Å². The first-order valence-electron chi connectivity index (χ1n) is 10.9. The number of nitrogens with two attached hydrogens (primary N) is 1. The molecule has 6 heteroatoms. The predicted octanol–water partition coefficient (Wildman–Crippen LogP) is 5.10. The molecule has 0 saturated carbocycles. The Labute approximate surface area is 189 Å². The molecule has 0 unspecified atom stereocenters. The first-order chi connectivity index (χ1) is 15.7. The second-order valence-corrected chi connectivity index (χ2v) is 7.71. The molecular formula is C26H29N3O3. The van der Waals surface area contributed by atoms with Gasteiger partial charge in [0.15, 0.2) is 5.96 Å². The number of nitrogens with zero attached hydrogens (tertiary/aromatic N) is 1. The zero-order valence-electron chi connectivity index (χ0n) is 18.1. The summed E-state index contributed by atoms with van der Waals surface area (Å²) >= 11 is 0. The number of para-hydroxylation sites is 1. The molecule has 0 amide bonds. The zero-order chi connectivity index (χ0) is 22.0. The van der Waals surface area contributed by atoms with Gasteiger partial charge in [-0.3, -0.25) is 0 Å². The highest BCUT2D eigenvalue weighted by Crippen LogP contribution is 2.23. The quantitative estimate of drug-likeness (QED) is 0.383. The van der Waals surface area contributed by atoms with Gasteiger partial charge in [-0.1, -0.05) is 48.5 Å². The van der Waals surface area contributed by atoms with E-state index in [-0.39, 0.29) is 0 Å². The Morgan fingerprint density at radius 1 is 0.906 bits per heavy atom. The highest BCUT2D eigenvalue weighted by atomic mass is 16.5. The van der Waals surface area contributed by atoms with Gasteiger partial charge in [-0.05, 0) is 48.2 Å². The van der Waals surface area contributed by atoms with Gasteiger partial charge in [0.2, 0.25) is 0 Å². The fraction of sp³-hybridized carbons (Fsp3) is 0.269. The van der Waals surface area contributed by atoms with Crippen molar-refractivity contribution in [1.29, 1.82) is 0 Å². The molecule has 1 fully saturated rings. The average molecular weight is 432 g/mol. The van der Waals surface area contributed by atoms with Crippen LogP contribution in [0, 0.1) is 0 Å². The van der Waals surface area contributed by atoms with E-state index in [0.29, 0.717) is 25.2 Å². The van der Waals surface area contributed by atoms with E-state index < -0.39 is 0 Å². The molecule has 166 valence electrons. The van der Waals surface area contributed by atoms with Crippen LogP contribution < -0.4 is 15.8 Å². The van der Waals surface area contributed by atoms with E-state index in [1.807, 2.05) is 54.6 Å². The third-order valence-electron chi connectivity index (χ3n) is 5.19. The standard InChI is InChI=1S/C26H29N3O3/c27-26(29-22-5-4-8-25(17-22)32-24-6-2-1-3-7-24)28-18-20-9-11-21(12-10-20)19-31-23-13-15-30-16-14-23/h1-12,17,23H,13-16,18-19H2,(H3,27,28,29). The molecule has 1 aliphatic rings. The molecule has 0 aliphatic carbocycles. The smallest absolute Gasteiger partial charge is 0.193 e. The SMILES string of the molecule is NC(=NCc1ccc(COC2CCOCC2)cc1)Nc1cccc(Oc2ccccc2)c1. The Bertz CT molecular complexity index is 1000. The first-order valence-corrected chi connectivity index (χ1v) is 10.9. The molecule has 0 radical (unpaired) electrons. The zero-order valence-corrected chi connectivity index (χ0v) is 18.1. The van der Waals surface area contributed by atoms with E-state index in [1.165, 1.54) is 0 Å². The maximum absolute atomic E-state index is 6.08. The van der Waals surface area contributed by atoms with Crippen LogP contribution in [-0.4, -0.2) is 25.3 Å². The number of guanidine groups is 1. The van der Waals surface area contributed by atoms with Crippen molar-refractivity contribution >= 4 is 11.6 Å². The van der Waals surface area contributed by atoms with Crippen LogP contribution in [0.2, 0.25) is 0 Å². The molecule has 3 aromatic carbocycles. The fourth-order valence-corrected chi connectivity index (χ4v) is 3.42. The minimum atomic E-state index is 0.301. The minimum absolute atomic E-state index is 0.301. The maximum Gasteiger partial charge on any atom is 0.193 e. The Hall–Kier alpha value is -3.35. The Kier molecular flexibility index (Phi) is 7.74. The van der Waals surface area contributed by atoms with Crippen molar-refractivity contribution in [3.8, 4) is 11.5 Å². The summed E-state index contributed by atoms with van der Waals surface area (Å²) in [5.74, 6) is 1.87. The van der Waals surface area contributed by atoms with Gasteiger partial charge >= 0.3 is 0 Å². The molecule has 1 saturated heterocycles. The molecule has 1 aliphatic heterocycles. The lowest BCUT2D eigenvalue weighted by molar-refractivity contribution is -0.0390. The number of hydrogen-bond acceptors (Lipinski definition) is 4. The normalized spacial score (nSPS) is 14.8. The highest BCUT2D eigenvalue weighted by molar-refractivity contribution is 5.92. The van der Waals surface area contributed by atoms with Crippen molar-refractivity contribution in [3.63, 3.8) is 0 Å². The number of benzene rings is 3. The van der Waals surface area contributed by atoms with Crippen LogP contribution in [0.15, 0.2) is 83.9 Å². The number of rotatable bonds is 8. The van der Waals surface area contributed by atoms with Gasteiger partial charge < -0.3 is 25.3 Å². The minimum Gasteiger partial charge on any atom is -0.457 e. The summed E-state index contributed by atoms with van der Waals surface area (Å²) in [5.41, 5.74) is 9.15. The largest absolute Gasteiger partial charge is 0.457 e. The number of aliphatic imine (C=N–C) groups is 1. The summed E-state index contributed by atoms with van der Waals surface area (Å²) in [5, 5.41) is 3.12. The van der Waals surface area contributed by atoms with Crippen LogP contribution in [0.4, 0.5) is 5.69 Å². The Morgan fingerprint density at radius 3 is 2.41 bits per heavy atom. The fourth-order valence-electron chi connectivity index (χ4n) is 3.42. The summed E-state index contributed by atoms with van der Waals surface area (Å²) in [6, 6.07) is 25.6. The van der Waals surface area contributed by atoms with Crippen molar-refractivity contribution in [2.24, 2.45) is 10.7 Å². The lowest BCUT2D eigenvalue weighted by atomic mass is 10.1. The van der Waals surface area contributed by atoms with Crippen LogP contribution in [-0.2, 0) is 22.6 Å². The lowest BCUT2D eigenvalue weighted by Crippen LogP contribution is -2.23.